The standard InChI is InChI=1S/C10H8FN3O2/c1-14-9(6(5-13-14)10(15)16)8-7(11)3-2-4-12-8/h2-5H,1H3,(H,15,16). The van der Waals surface area contributed by atoms with Crippen LogP contribution in [0.4, 0.5) is 4.39 Å². The molecule has 82 valence electrons. The van der Waals surface area contributed by atoms with Gasteiger partial charge in [0.25, 0.3) is 0 Å². The van der Waals surface area contributed by atoms with Gasteiger partial charge in [0.1, 0.15) is 17.0 Å². The van der Waals surface area contributed by atoms with E-state index < -0.39 is 11.8 Å². The van der Waals surface area contributed by atoms with Crippen molar-refractivity contribution < 1.29 is 14.3 Å². The van der Waals surface area contributed by atoms with Crippen LogP contribution >= 0.6 is 0 Å². The Morgan fingerprint density at radius 1 is 1.56 bits per heavy atom. The Morgan fingerprint density at radius 3 is 2.94 bits per heavy atom. The van der Waals surface area contributed by atoms with E-state index in [1.54, 1.807) is 0 Å². The summed E-state index contributed by atoms with van der Waals surface area (Å²) >= 11 is 0. The number of halogens is 1. The van der Waals surface area contributed by atoms with Crippen molar-refractivity contribution in [3.8, 4) is 11.4 Å². The topological polar surface area (TPSA) is 68.0 Å². The van der Waals surface area contributed by atoms with Crippen LogP contribution in [0.1, 0.15) is 10.4 Å². The highest BCUT2D eigenvalue weighted by Gasteiger charge is 2.20. The normalized spacial score (nSPS) is 10.4. The van der Waals surface area contributed by atoms with Gasteiger partial charge < -0.3 is 5.11 Å². The highest BCUT2D eigenvalue weighted by molar-refractivity contribution is 5.94. The van der Waals surface area contributed by atoms with Gasteiger partial charge >= 0.3 is 5.97 Å². The van der Waals surface area contributed by atoms with E-state index in [1.165, 1.54) is 36.3 Å². The third-order valence-corrected chi connectivity index (χ3v) is 2.15. The number of pyridine rings is 1. The number of carbonyl (C=O) groups is 1. The number of aromatic carboxylic acids is 1. The molecule has 2 aromatic heterocycles. The van der Waals surface area contributed by atoms with E-state index >= 15 is 0 Å². The molecule has 2 rings (SSSR count). The average molecular weight is 221 g/mol. The number of rotatable bonds is 2. The van der Waals surface area contributed by atoms with E-state index in [0.717, 1.165) is 0 Å². The Hall–Kier alpha value is -2.24. The molecule has 0 aliphatic carbocycles. The fourth-order valence-electron chi connectivity index (χ4n) is 1.43. The van der Waals surface area contributed by atoms with Gasteiger partial charge in [-0.05, 0) is 12.1 Å². The molecular formula is C10H8FN3O2. The fourth-order valence-corrected chi connectivity index (χ4v) is 1.43. The number of aromatic nitrogens is 3. The predicted octanol–water partition coefficient (Wildman–Crippen LogP) is 1.32. The van der Waals surface area contributed by atoms with Crippen LogP contribution in [0.15, 0.2) is 24.5 Å². The van der Waals surface area contributed by atoms with Gasteiger partial charge in [-0.15, -0.1) is 0 Å². The number of hydrogen-bond donors (Lipinski definition) is 1. The summed E-state index contributed by atoms with van der Waals surface area (Å²) in [7, 11) is 1.54. The molecule has 0 unspecified atom stereocenters. The molecule has 0 atom stereocenters. The monoisotopic (exact) mass is 221 g/mol. The Balaban J connectivity index is 2.68. The molecule has 5 nitrogen and oxygen atoms in total. The molecule has 0 aromatic carbocycles. The molecule has 1 N–H and O–H groups in total. The molecule has 0 aliphatic heterocycles. The van der Waals surface area contributed by atoms with Crippen LogP contribution in [-0.4, -0.2) is 25.8 Å². The lowest BCUT2D eigenvalue weighted by molar-refractivity contribution is 0.0697. The van der Waals surface area contributed by atoms with Crippen molar-refractivity contribution in [2.24, 2.45) is 7.05 Å². The number of nitrogens with zero attached hydrogens (tertiary/aromatic N) is 3. The Morgan fingerprint density at radius 2 is 2.31 bits per heavy atom. The molecule has 0 fully saturated rings. The van der Waals surface area contributed by atoms with Crippen LogP contribution in [0.3, 0.4) is 0 Å². The molecule has 0 saturated heterocycles. The van der Waals surface area contributed by atoms with Crippen molar-refractivity contribution in [1.29, 1.82) is 0 Å². The maximum atomic E-state index is 13.5. The van der Waals surface area contributed by atoms with Crippen LogP contribution in [0.25, 0.3) is 11.4 Å². The first-order valence-electron chi connectivity index (χ1n) is 4.47. The minimum atomic E-state index is -1.16. The number of carboxylic acids is 1. The molecule has 0 aliphatic rings. The molecular weight excluding hydrogens is 213 g/mol. The lowest BCUT2D eigenvalue weighted by Crippen LogP contribution is -2.03. The van der Waals surface area contributed by atoms with Crippen molar-refractivity contribution in [3.05, 3.63) is 35.9 Å². The summed E-state index contributed by atoms with van der Waals surface area (Å²) in [6.45, 7) is 0. The predicted molar refractivity (Wildman–Crippen MR) is 53.4 cm³/mol. The average Bonchev–Trinajstić information content (AvgIpc) is 2.61. The quantitative estimate of drug-likeness (QED) is 0.830. The number of aryl methyl sites for hydroxylation is 1. The highest BCUT2D eigenvalue weighted by Crippen LogP contribution is 2.23. The maximum absolute atomic E-state index is 13.5. The van der Waals surface area contributed by atoms with Gasteiger partial charge in [-0.25, -0.2) is 9.18 Å². The molecule has 16 heavy (non-hydrogen) atoms. The third kappa shape index (κ3) is 1.54. The maximum Gasteiger partial charge on any atom is 0.339 e. The molecule has 6 heteroatoms. The summed E-state index contributed by atoms with van der Waals surface area (Å²) in [4.78, 5) is 14.7. The molecule has 0 spiro atoms. The van der Waals surface area contributed by atoms with Crippen LogP contribution in [-0.2, 0) is 7.05 Å². The van der Waals surface area contributed by atoms with Crippen molar-refractivity contribution in [2.75, 3.05) is 0 Å². The second kappa shape index (κ2) is 3.73. The van der Waals surface area contributed by atoms with Crippen molar-refractivity contribution >= 4 is 5.97 Å². The lowest BCUT2D eigenvalue weighted by Gasteiger charge is -2.03. The first-order valence-corrected chi connectivity index (χ1v) is 4.47. The molecule has 2 aromatic rings. The summed E-state index contributed by atoms with van der Waals surface area (Å²) < 4.78 is 14.8. The van der Waals surface area contributed by atoms with Crippen LogP contribution in [0.5, 0.6) is 0 Å². The molecule has 0 bridgehead atoms. The number of hydrogen-bond acceptors (Lipinski definition) is 3. The SMILES string of the molecule is Cn1ncc(C(=O)O)c1-c1ncccc1F. The summed E-state index contributed by atoms with van der Waals surface area (Å²) in [5.74, 6) is -1.73. The molecule has 2 heterocycles. The van der Waals surface area contributed by atoms with Gasteiger partial charge in [-0.1, -0.05) is 0 Å². The van der Waals surface area contributed by atoms with Gasteiger partial charge in [0.05, 0.1) is 6.20 Å². The second-order valence-corrected chi connectivity index (χ2v) is 3.17. The van der Waals surface area contributed by atoms with Gasteiger partial charge in [-0.2, -0.15) is 5.10 Å². The lowest BCUT2D eigenvalue weighted by atomic mass is 10.1. The minimum Gasteiger partial charge on any atom is -0.478 e. The van der Waals surface area contributed by atoms with Gasteiger partial charge in [0, 0.05) is 13.2 Å². The number of carboxylic acid groups (broad SMARTS) is 1. The molecule has 0 saturated carbocycles. The van der Waals surface area contributed by atoms with Crippen LogP contribution in [0, 0.1) is 5.82 Å². The summed E-state index contributed by atoms with van der Waals surface area (Å²) in [6.07, 6.45) is 2.57. The van der Waals surface area contributed by atoms with Crippen LogP contribution in [0.2, 0.25) is 0 Å². The van der Waals surface area contributed by atoms with Crippen molar-refractivity contribution in [2.45, 2.75) is 0 Å². The zero-order valence-corrected chi connectivity index (χ0v) is 8.38. The Labute approximate surface area is 90.2 Å². The Kier molecular flexibility index (Phi) is 2.40. The minimum absolute atomic E-state index is 0.0140. The zero-order valence-electron chi connectivity index (χ0n) is 8.38. The van der Waals surface area contributed by atoms with E-state index in [9.17, 15) is 9.18 Å². The zero-order chi connectivity index (χ0) is 11.7. The van der Waals surface area contributed by atoms with Gasteiger partial charge in [0.15, 0.2) is 5.82 Å². The summed E-state index contributed by atoms with van der Waals surface area (Å²) in [5, 5.41) is 12.7. The second-order valence-electron chi connectivity index (χ2n) is 3.17. The summed E-state index contributed by atoms with van der Waals surface area (Å²) in [6, 6.07) is 2.66. The molecule has 0 amide bonds. The third-order valence-electron chi connectivity index (χ3n) is 2.15. The van der Waals surface area contributed by atoms with E-state index in [-0.39, 0.29) is 17.0 Å². The van der Waals surface area contributed by atoms with E-state index in [2.05, 4.69) is 10.1 Å². The Bertz CT molecular complexity index is 551. The van der Waals surface area contributed by atoms with E-state index in [0.29, 0.717) is 0 Å². The van der Waals surface area contributed by atoms with Crippen LogP contribution < -0.4 is 0 Å². The smallest absolute Gasteiger partial charge is 0.339 e. The first-order chi connectivity index (χ1) is 7.61. The highest BCUT2D eigenvalue weighted by atomic mass is 19.1. The fraction of sp³-hybridized carbons (Fsp3) is 0.100. The van der Waals surface area contributed by atoms with Gasteiger partial charge in [-0.3, -0.25) is 9.67 Å². The largest absolute Gasteiger partial charge is 0.478 e. The first kappa shape index (κ1) is 10.3. The van der Waals surface area contributed by atoms with Gasteiger partial charge in [0.2, 0.25) is 0 Å². The molecule has 0 radical (unpaired) electrons. The van der Waals surface area contributed by atoms with Crippen molar-refractivity contribution in [3.63, 3.8) is 0 Å². The van der Waals surface area contributed by atoms with E-state index in [1.807, 2.05) is 0 Å². The van der Waals surface area contributed by atoms with E-state index in [4.69, 9.17) is 5.11 Å². The van der Waals surface area contributed by atoms with Crippen molar-refractivity contribution in [1.82, 2.24) is 14.8 Å². The summed E-state index contributed by atoms with van der Waals surface area (Å²) in [5.41, 5.74) is 0.0746.